The number of hydrogen-bond acceptors (Lipinski definition) is 4. The molecule has 1 aromatic carbocycles. The Labute approximate surface area is 98.6 Å². The van der Waals surface area contributed by atoms with E-state index >= 15 is 0 Å². The van der Waals surface area contributed by atoms with Crippen LogP contribution in [-0.4, -0.2) is 20.6 Å². The SMILES string of the molecule is CS(=O)(=O)NOC(=O)CCc1ccc(F)cc1. The largest absolute Gasteiger partial charge is 0.356 e. The maximum Gasteiger partial charge on any atom is 0.326 e. The number of nitrogens with one attached hydrogen (secondary N) is 1. The van der Waals surface area contributed by atoms with E-state index in [-0.39, 0.29) is 12.2 Å². The number of aryl methyl sites for hydroxylation is 1. The van der Waals surface area contributed by atoms with Crippen molar-refractivity contribution in [2.45, 2.75) is 12.8 Å². The molecule has 5 nitrogen and oxygen atoms in total. The van der Waals surface area contributed by atoms with Crippen molar-refractivity contribution in [3.05, 3.63) is 35.6 Å². The zero-order valence-corrected chi connectivity index (χ0v) is 9.96. The van der Waals surface area contributed by atoms with Crippen LogP contribution in [-0.2, 0) is 26.1 Å². The van der Waals surface area contributed by atoms with E-state index in [1.54, 1.807) is 17.0 Å². The molecule has 1 aromatic rings. The van der Waals surface area contributed by atoms with Crippen molar-refractivity contribution in [1.82, 2.24) is 4.89 Å². The minimum atomic E-state index is -3.55. The van der Waals surface area contributed by atoms with Gasteiger partial charge in [0.1, 0.15) is 5.82 Å². The summed E-state index contributed by atoms with van der Waals surface area (Å²) >= 11 is 0. The molecule has 0 unspecified atom stereocenters. The van der Waals surface area contributed by atoms with E-state index in [1.807, 2.05) is 0 Å². The lowest BCUT2D eigenvalue weighted by molar-refractivity contribution is -0.147. The lowest BCUT2D eigenvalue weighted by Crippen LogP contribution is -2.26. The summed E-state index contributed by atoms with van der Waals surface area (Å²) in [5.41, 5.74) is 0.766. The van der Waals surface area contributed by atoms with Gasteiger partial charge < -0.3 is 4.84 Å². The van der Waals surface area contributed by atoms with Crippen LogP contribution in [0.15, 0.2) is 24.3 Å². The number of rotatable bonds is 5. The molecule has 0 amide bonds. The van der Waals surface area contributed by atoms with Crippen molar-refractivity contribution >= 4 is 16.0 Å². The molecule has 7 heteroatoms. The minimum Gasteiger partial charge on any atom is -0.356 e. The molecular formula is C10H12FNO4S. The molecule has 0 bridgehead atoms. The van der Waals surface area contributed by atoms with Crippen molar-refractivity contribution < 1.29 is 22.4 Å². The molecular weight excluding hydrogens is 249 g/mol. The van der Waals surface area contributed by atoms with E-state index in [2.05, 4.69) is 4.84 Å². The van der Waals surface area contributed by atoms with Crippen LogP contribution < -0.4 is 4.89 Å². The van der Waals surface area contributed by atoms with Crippen LogP contribution in [0.3, 0.4) is 0 Å². The third-order valence-electron chi connectivity index (χ3n) is 1.84. The Balaban J connectivity index is 2.36. The van der Waals surface area contributed by atoms with Crippen LogP contribution >= 0.6 is 0 Å². The normalized spacial score (nSPS) is 11.2. The van der Waals surface area contributed by atoms with Gasteiger partial charge in [0, 0.05) is 0 Å². The highest BCUT2D eigenvalue weighted by Crippen LogP contribution is 2.05. The zero-order valence-electron chi connectivity index (χ0n) is 9.14. The Morgan fingerprint density at radius 2 is 1.94 bits per heavy atom. The second-order valence-corrected chi connectivity index (χ2v) is 5.17. The number of halogens is 1. The molecule has 0 atom stereocenters. The molecule has 0 aliphatic carbocycles. The van der Waals surface area contributed by atoms with Crippen LogP contribution in [0.2, 0.25) is 0 Å². The Morgan fingerprint density at radius 3 is 2.47 bits per heavy atom. The zero-order chi connectivity index (χ0) is 12.9. The molecule has 0 spiro atoms. The van der Waals surface area contributed by atoms with Gasteiger partial charge in [-0.05, 0) is 29.0 Å². The van der Waals surface area contributed by atoms with Crippen LogP contribution in [0, 0.1) is 5.82 Å². The Morgan fingerprint density at radius 1 is 1.35 bits per heavy atom. The molecule has 17 heavy (non-hydrogen) atoms. The lowest BCUT2D eigenvalue weighted by Gasteiger charge is -2.03. The lowest BCUT2D eigenvalue weighted by atomic mass is 10.1. The van der Waals surface area contributed by atoms with Gasteiger partial charge in [0.05, 0.1) is 12.7 Å². The Hall–Kier alpha value is -1.47. The fourth-order valence-corrected chi connectivity index (χ4v) is 1.31. The standard InChI is InChI=1S/C10H12FNO4S/c1-17(14,15)12-16-10(13)7-4-8-2-5-9(11)6-3-8/h2-3,5-6,12H,4,7H2,1H3. The molecule has 0 aliphatic rings. The summed E-state index contributed by atoms with van der Waals surface area (Å²) < 4.78 is 33.8. The number of carbonyl (C=O) groups excluding carboxylic acids is 1. The quantitative estimate of drug-likeness (QED) is 0.794. The Bertz CT molecular complexity index is 484. The molecule has 0 saturated carbocycles. The predicted molar refractivity (Wildman–Crippen MR) is 58.8 cm³/mol. The molecule has 0 radical (unpaired) electrons. The van der Waals surface area contributed by atoms with Crippen molar-refractivity contribution in [2.75, 3.05) is 6.26 Å². The first-order chi connectivity index (χ1) is 7.87. The molecule has 0 fully saturated rings. The van der Waals surface area contributed by atoms with Gasteiger partial charge in [0.15, 0.2) is 0 Å². The van der Waals surface area contributed by atoms with Gasteiger partial charge in [0.2, 0.25) is 10.0 Å². The number of carbonyl (C=O) groups is 1. The van der Waals surface area contributed by atoms with Crippen molar-refractivity contribution in [3.8, 4) is 0 Å². The number of hydrogen-bond donors (Lipinski definition) is 1. The number of benzene rings is 1. The highest BCUT2D eigenvalue weighted by Gasteiger charge is 2.07. The van der Waals surface area contributed by atoms with Crippen LogP contribution in [0.4, 0.5) is 4.39 Å². The van der Waals surface area contributed by atoms with Gasteiger partial charge in [-0.1, -0.05) is 12.1 Å². The van der Waals surface area contributed by atoms with E-state index in [0.717, 1.165) is 11.8 Å². The Kier molecular flexibility index (Phi) is 4.59. The van der Waals surface area contributed by atoms with E-state index in [9.17, 15) is 17.6 Å². The van der Waals surface area contributed by atoms with Gasteiger partial charge in [-0.2, -0.15) is 0 Å². The minimum absolute atomic E-state index is 0.00809. The third-order valence-corrected chi connectivity index (χ3v) is 2.22. The highest BCUT2D eigenvalue weighted by atomic mass is 32.2. The van der Waals surface area contributed by atoms with Crippen molar-refractivity contribution in [1.29, 1.82) is 0 Å². The predicted octanol–water partition coefficient (Wildman–Crippen LogP) is 0.766. The molecule has 0 saturated heterocycles. The summed E-state index contributed by atoms with van der Waals surface area (Å²) in [7, 11) is -3.55. The molecule has 94 valence electrons. The van der Waals surface area contributed by atoms with Gasteiger partial charge in [0.25, 0.3) is 0 Å². The summed E-state index contributed by atoms with van der Waals surface area (Å²) in [5, 5.41) is 0. The molecule has 1 N–H and O–H groups in total. The maximum atomic E-state index is 12.6. The van der Waals surface area contributed by atoms with E-state index < -0.39 is 16.0 Å². The van der Waals surface area contributed by atoms with Crippen LogP contribution in [0.1, 0.15) is 12.0 Å². The fraction of sp³-hybridized carbons (Fsp3) is 0.300. The summed E-state index contributed by atoms with van der Waals surface area (Å²) in [6, 6.07) is 5.67. The smallest absolute Gasteiger partial charge is 0.326 e. The summed E-state index contributed by atoms with van der Waals surface area (Å²) in [5.74, 6) is -1.05. The molecule has 1 rings (SSSR count). The average Bonchev–Trinajstić information content (AvgIpc) is 2.25. The van der Waals surface area contributed by atoms with E-state index in [0.29, 0.717) is 6.42 Å². The third kappa shape index (κ3) is 5.98. The number of sulfonamides is 1. The first-order valence-corrected chi connectivity index (χ1v) is 6.67. The average molecular weight is 261 g/mol. The molecule has 0 heterocycles. The van der Waals surface area contributed by atoms with Crippen LogP contribution in [0.5, 0.6) is 0 Å². The van der Waals surface area contributed by atoms with Crippen molar-refractivity contribution in [3.63, 3.8) is 0 Å². The fourth-order valence-electron chi connectivity index (χ4n) is 1.07. The van der Waals surface area contributed by atoms with E-state index in [4.69, 9.17) is 0 Å². The summed E-state index contributed by atoms with van der Waals surface area (Å²) in [6.45, 7) is 0. The van der Waals surface area contributed by atoms with E-state index in [1.165, 1.54) is 12.1 Å². The maximum absolute atomic E-state index is 12.6. The topological polar surface area (TPSA) is 72.5 Å². The van der Waals surface area contributed by atoms with Crippen LogP contribution in [0.25, 0.3) is 0 Å². The van der Waals surface area contributed by atoms with Gasteiger partial charge >= 0.3 is 5.97 Å². The van der Waals surface area contributed by atoms with Gasteiger partial charge in [-0.15, -0.1) is 0 Å². The first kappa shape index (κ1) is 13.6. The second kappa shape index (κ2) is 5.74. The van der Waals surface area contributed by atoms with Gasteiger partial charge in [-0.3, -0.25) is 4.79 Å². The first-order valence-electron chi connectivity index (χ1n) is 4.78. The molecule has 0 aliphatic heterocycles. The summed E-state index contributed by atoms with van der Waals surface area (Å²) in [6.07, 6.45) is 1.24. The van der Waals surface area contributed by atoms with Gasteiger partial charge in [-0.25, -0.2) is 12.8 Å². The highest BCUT2D eigenvalue weighted by molar-refractivity contribution is 7.88. The van der Waals surface area contributed by atoms with Crippen molar-refractivity contribution in [2.24, 2.45) is 0 Å². The monoisotopic (exact) mass is 261 g/mol. The second-order valence-electron chi connectivity index (χ2n) is 3.46. The molecule has 0 aromatic heterocycles. The summed E-state index contributed by atoms with van der Waals surface area (Å²) in [4.78, 5) is 17.0.